The zero-order valence-electron chi connectivity index (χ0n) is 19.4. The third-order valence-electron chi connectivity index (χ3n) is 7.10. The van der Waals surface area contributed by atoms with E-state index in [9.17, 15) is 19.2 Å². The lowest BCUT2D eigenvalue weighted by Crippen LogP contribution is -2.35. The number of carbonyl (C=O) groups is 2. The topological polar surface area (TPSA) is 94.9 Å². The van der Waals surface area contributed by atoms with Gasteiger partial charge in [-0.2, -0.15) is 0 Å². The van der Waals surface area contributed by atoms with E-state index in [1.165, 1.54) is 24.4 Å². The van der Waals surface area contributed by atoms with Gasteiger partial charge in [0.05, 0.1) is 21.9 Å². The summed E-state index contributed by atoms with van der Waals surface area (Å²) in [4.78, 5) is 32.0. The maximum absolute atomic E-state index is 13.6. The number of oxime groups is 1. The van der Waals surface area contributed by atoms with Gasteiger partial charge in [-0.25, -0.2) is 9.37 Å². The molecule has 2 N–H and O–H groups in total. The Morgan fingerprint density at radius 2 is 1.97 bits per heavy atom. The summed E-state index contributed by atoms with van der Waals surface area (Å²) in [6, 6.07) is 14.5. The molecule has 5 rings (SSSR count). The average molecular weight is 507 g/mol. The summed E-state index contributed by atoms with van der Waals surface area (Å²) in [6.45, 7) is 0.478. The van der Waals surface area contributed by atoms with Crippen molar-refractivity contribution in [2.24, 2.45) is 10.6 Å². The van der Waals surface area contributed by atoms with Crippen molar-refractivity contribution in [3.63, 3.8) is 0 Å². The molecule has 36 heavy (non-hydrogen) atoms. The third kappa shape index (κ3) is 4.44. The van der Waals surface area contributed by atoms with Gasteiger partial charge in [-0.1, -0.05) is 35.0 Å². The molecule has 1 aromatic heterocycles. The van der Waals surface area contributed by atoms with Crippen molar-refractivity contribution in [1.82, 2.24) is 4.98 Å². The molecule has 3 aromatic rings. The molecule has 1 fully saturated rings. The fraction of sp³-hybridized carbons (Fsp3) is 0.259. The smallest absolute Gasteiger partial charge is 0.259 e. The van der Waals surface area contributed by atoms with Crippen molar-refractivity contribution in [3.05, 3.63) is 88.3 Å². The minimum absolute atomic E-state index is 0.00794. The maximum Gasteiger partial charge on any atom is 0.259 e. The summed E-state index contributed by atoms with van der Waals surface area (Å²) in [5.41, 5.74) is 2.80. The molecule has 2 heterocycles. The number of hydrogen-bond acceptors (Lipinski definition) is 5. The zero-order valence-corrected chi connectivity index (χ0v) is 20.1. The minimum atomic E-state index is -0.601. The molecule has 1 aliphatic heterocycles. The van der Waals surface area contributed by atoms with Crippen molar-refractivity contribution < 1.29 is 19.2 Å². The number of aromatic nitrogens is 1. The molecule has 1 unspecified atom stereocenters. The standard InChI is InChI=1S/C27H24ClFN4O3/c28-21-9-8-19(29)14-20(21)25(34)31-24-10-7-18(16-30-24)26(35)33-13-12-27(11-3-6-23(27)32-36)15-17-4-1-2-5-22(17)33/h1-2,4-5,7-10,14,16,36H,3,6,11-13,15H2,(H,30,31,34)/b32-23+. The van der Waals surface area contributed by atoms with Gasteiger partial charge in [-0.15, -0.1) is 0 Å². The second-order valence-electron chi connectivity index (χ2n) is 9.20. The highest BCUT2D eigenvalue weighted by Crippen LogP contribution is 2.46. The van der Waals surface area contributed by atoms with Gasteiger partial charge in [0.1, 0.15) is 11.6 Å². The summed E-state index contributed by atoms with van der Waals surface area (Å²) in [5.74, 6) is -1.18. The second kappa shape index (κ2) is 9.70. The van der Waals surface area contributed by atoms with Crippen molar-refractivity contribution in [2.45, 2.75) is 32.1 Å². The van der Waals surface area contributed by atoms with Crippen LogP contribution in [-0.2, 0) is 6.42 Å². The number of halogens is 2. The Labute approximate surface area is 212 Å². The lowest BCUT2D eigenvalue weighted by molar-refractivity contribution is 0.0984. The van der Waals surface area contributed by atoms with E-state index in [0.717, 1.165) is 48.7 Å². The number of fused-ring (bicyclic) bond motifs is 1. The molecular formula is C27H24ClFN4O3. The molecule has 2 aliphatic rings. The Kier molecular flexibility index (Phi) is 6.45. The number of rotatable bonds is 3. The van der Waals surface area contributed by atoms with E-state index in [1.54, 1.807) is 11.0 Å². The highest BCUT2D eigenvalue weighted by molar-refractivity contribution is 6.34. The highest BCUT2D eigenvalue weighted by atomic mass is 35.5. The first kappa shape index (κ1) is 23.9. The lowest BCUT2D eigenvalue weighted by Gasteiger charge is -2.28. The molecule has 9 heteroatoms. The Morgan fingerprint density at radius 3 is 2.75 bits per heavy atom. The summed E-state index contributed by atoms with van der Waals surface area (Å²) in [5, 5.41) is 15.9. The third-order valence-corrected chi connectivity index (χ3v) is 7.43. The number of nitrogens with zero attached hydrogens (tertiary/aromatic N) is 3. The van der Waals surface area contributed by atoms with Gasteiger partial charge in [0.15, 0.2) is 0 Å². The average Bonchev–Trinajstić information content (AvgIpc) is 3.20. The number of anilines is 2. The minimum Gasteiger partial charge on any atom is -0.411 e. The fourth-order valence-electron chi connectivity index (χ4n) is 5.26. The molecule has 7 nitrogen and oxygen atoms in total. The van der Waals surface area contributed by atoms with Crippen LogP contribution >= 0.6 is 11.6 Å². The lowest BCUT2D eigenvalue weighted by atomic mass is 9.76. The van der Waals surface area contributed by atoms with Crippen LogP contribution in [0.5, 0.6) is 0 Å². The van der Waals surface area contributed by atoms with Gasteiger partial charge in [0.25, 0.3) is 11.8 Å². The molecule has 184 valence electrons. The SMILES string of the molecule is O=C(Nc1ccc(C(=O)N2CCC3(CCC/C3=N\O)Cc3ccccc32)cn1)c1cc(F)ccc1Cl. The van der Waals surface area contributed by atoms with Crippen LogP contribution in [0.15, 0.2) is 65.9 Å². The molecular weight excluding hydrogens is 483 g/mol. The zero-order chi connectivity index (χ0) is 25.3. The van der Waals surface area contributed by atoms with E-state index < -0.39 is 11.7 Å². The molecule has 0 saturated heterocycles. The summed E-state index contributed by atoms with van der Waals surface area (Å²) in [6.07, 6.45) is 5.48. The molecule has 1 saturated carbocycles. The van der Waals surface area contributed by atoms with Crippen molar-refractivity contribution >= 4 is 40.6 Å². The molecule has 1 aliphatic carbocycles. The van der Waals surface area contributed by atoms with E-state index in [1.807, 2.05) is 24.3 Å². The Hall–Kier alpha value is -3.78. The van der Waals surface area contributed by atoms with E-state index in [-0.39, 0.29) is 27.7 Å². The van der Waals surface area contributed by atoms with Crippen LogP contribution in [0.25, 0.3) is 0 Å². The first-order chi connectivity index (χ1) is 17.4. The van der Waals surface area contributed by atoms with Crippen molar-refractivity contribution in [1.29, 1.82) is 0 Å². The van der Waals surface area contributed by atoms with Crippen LogP contribution in [0.2, 0.25) is 5.02 Å². The number of nitrogens with one attached hydrogen (secondary N) is 1. The predicted molar refractivity (Wildman–Crippen MR) is 136 cm³/mol. The van der Waals surface area contributed by atoms with E-state index in [2.05, 4.69) is 15.5 Å². The van der Waals surface area contributed by atoms with Gasteiger partial charge in [-0.05, 0) is 74.1 Å². The maximum atomic E-state index is 13.6. The highest BCUT2D eigenvalue weighted by Gasteiger charge is 2.43. The fourth-order valence-corrected chi connectivity index (χ4v) is 5.46. The predicted octanol–water partition coefficient (Wildman–Crippen LogP) is 5.72. The Morgan fingerprint density at radius 1 is 1.14 bits per heavy atom. The van der Waals surface area contributed by atoms with Crippen LogP contribution in [0, 0.1) is 11.2 Å². The van der Waals surface area contributed by atoms with Crippen molar-refractivity contribution in [3.8, 4) is 0 Å². The number of benzene rings is 2. The van der Waals surface area contributed by atoms with E-state index in [4.69, 9.17) is 11.6 Å². The first-order valence-electron chi connectivity index (χ1n) is 11.7. The van der Waals surface area contributed by atoms with Crippen LogP contribution < -0.4 is 10.2 Å². The molecule has 2 amide bonds. The van der Waals surface area contributed by atoms with Gasteiger partial charge in [0, 0.05) is 23.8 Å². The molecule has 1 atom stereocenters. The van der Waals surface area contributed by atoms with Crippen LogP contribution in [-0.4, -0.2) is 34.3 Å². The second-order valence-corrected chi connectivity index (χ2v) is 9.61. The van der Waals surface area contributed by atoms with Gasteiger partial charge in [-0.3, -0.25) is 9.59 Å². The van der Waals surface area contributed by atoms with Crippen LogP contribution in [0.3, 0.4) is 0 Å². The quantitative estimate of drug-likeness (QED) is 0.351. The largest absolute Gasteiger partial charge is 0.411 e. The van der Waals surface area contributed by atoms with E-state index in [0.29, 0.717) is 18.5 Å². The normalized spacial score (nSPS) is 20.3. The summed E-state index contributed by atoms with van der Waals surface area (Å²) < 4.78 is 13.5. The number of hydrogen-bond donors (Lipinski definition) is 2. The van der Waals surface area contributed by atoms with Crippen LogP contribution in [0.1, 0.15) is 52.0 Å². The number of para-hydroxylation sites is 1. The van der Waals surface area contributed by atoms with Gasteiger partial charge < -0.3 is 15.4 Å². The monoisotopic (exact) mass is 506 g/mol. The Balaban J connectivity index is 1.37. The number of amides is 2. The molecule has 0 radical (unpaired) electrons. The molecule has 1 spiro atoms. The molecule has 2 aromatic carbocycles. The number of pyridine rings is 1. The molecule has 0 bridgehead atoms. The number of carbonyl (C=O) groups excluding carboxylic acids is 2. The van der Waals surface area contributed by atoms with Crippen molar-refractivity contribution in [2.75, 3.05) is 16.8 Å². The van der Waals surface area contributed by atoms with E-state index >= 15 is 0 Å². The van der Waals surface area contributed by atoms with Gasteiger partial charge >= 0.3 is 0 Å². The Bertz CT molecular complexity index is 1360. The van der Waals surface area contributed by atoms with Crippen LogP contribution in [0.4, 0.5) is 15.9 Å². The van der Waals surface area contributed by atoms with Gasteiger partial charge in [0.2, 0.25) is 0 Å². The first-order valence-corrected chi connectivity index (χ1v) is 12.1. The summed E-state index contributed by atoms with van der Waals surface area (Å²) >= 11 is 6.01. The summed E-state index contributed by atoms with van der Waals surface area (Å²) in [7, 11) is 0.